The molecule has 0 aliphatic carbocycles. The predicted octanol–water partition coefficient (Wildman–Crippen LogP) is 2.29. The first-order chi connectivity index (χ1) is 10.9. The highest BCUT2D eigenvalue weighted by molar-refractivity contribution is 5.36. The van der Waals surface area contributed by atoms with Gasteiger partial charge in [-0.15, -0.1) is 0 Å². The molecule has 0 saturated heterocycles. The second kappa shape index (κ2) is 5.74. The van der Waals surface area contributed by atoms with Crippen molar-refractivity contribution < 1.29 is 8.78 Å². The molecule has 0 saturated carbocycles. The van der Waals surface area contributed by atoms with Crippen LogP contribution >= 0.6 is 0 Å². The predicted molar refractivity (Wildman–Crippen MR) is 85.9 cm³/mol. The summed E-state index contributed by atoms with van der Waals surface area (Å²) in [5.74, 6) is -1.20. The highest BCUT2D eigenvalue weighted by Crippen LogP contribution is 2.27. The lowest BCUT2D eigenvalue weighted by Crippen LogP contribution is -2.40. The number of nitrogens with zero attached hydrogens (tertiary/aromatic N) is 2. The molecule has 0 amide bonds. The molecule has 0 fully saturated rings. The van der Waals surface area contributed by atoms with Crippen LogP contribution in [0.15, 0.2) is 35.3 Å². The lowest BCUT2D eigenvalue weighted by Gasteiger charge is -2.28. The van der Waals surface area contributed by atoms with Crippen LogP contribution in [0.4, 0.5) is 8.78 Å². The molecule has 1 aliphatic rings. The van der Waals surface area contributed by atoms with Crippen molar-refractivity contribution in [3.63, 3.8) is 0 Å². The number of fused-ring (bicyclic) bond motifs is 1. The SMILES string of the molecule is Cc1cc(C(C)N)c2c(c1)=CN(C)[C@@H](c1c(F)cccc1F)N=2. The molecule has 120 valence electrons. The molecular weight excluding hydrogens is 296 g/mol. The molecule has 0 bridgehead atoms. The standard InChI is InChI=1S/C18H19F2N3/c1-10-7-12-9-23(3)18(16-14(19)5-4-6-15(16)20)22-17(12)13(8-10)11(2)21/h4-9,11,18H,21H2,1-3H3/t11?,18-/m0/s1. The van der Waals surface area contributed by atoms with E-state index in [4.69, 9.17) is 5.73 Å². The third-order valence-electron chi connectivity index (χ3n) is 4.04. The molecule has 0 spiro atoms. The quantitative estimate of drug-likeness (QED) is 0.924. The molecular formula is C18H19F2N3. The molecule has 2 atom stereocenters. The van der Waals surface area contributed by atoms with E-state index in [0.29, 0.717) is 5.36 Å². The van der Waals surface area contributed by atoms with E-state index in [9.17, 15) is 8.78 Å². The summed E-state index contributed by atoms with van der Waals surface area (Å²) in [7, 11) is 1.76. The van der Waals surface area contributed by atoms with Crippen LogP contribution in [0.25, 0.3) is 6.20 Å². The van der Waals surface area contributed by atoms with Crippen LogP contribution in [0, 0.1) is 18.6 Å². The Kier molecular flexibility index (Phi) is 3.90. The number of benzene rings is 2. The fraction of sp³-hybridized carbons (Fsp3) is 0.278. The van der Waals surface area contributed by atoms with Gasteiger partial charge in [-0.05, 0) is 43.2 Å². The van der Waals surface area contributed by atoms with E-state index in [1.165, 1.54) is 18.2 Å². The Morgan fingerprint density at radius 3 is 2.48 bits per heavy atom. The van der Waals surface area contributed by atoms with Crippen LogP contribution in [0.1, 0.15) is 35.8 Å². The van der Waals surface area contributed by atoms with Gasteiger partial charge in [0.1, 0.15) is 11.6 Å². The van der Waals surface area contributed by atoms with E-state index in [2.05, 4.69) is 4.99 Å². The molecule has 1 aliphatic heterocycles. The van der Waals surface area contributed by atoms with Crippen molar-refractivity contribution in [1.82, 2.24) is 4.90 Å². The van der Waals surface area contributed by atoms with Gasteiger partial charge in [-0.1, -0.05) is 12.1 Å². The van der Waals surface area contributed by atoms with Crippen LogP contribution < -0.4 is 16.3 Å². The van der Waals surface area contributed by atoms with Gasteiger partial charge in [-0.25, -0.2) is 8.78 Å². The van der Waals surface area contributed by atoms with Gasteiger partial charge in [0.2, 0.25) is 0 Å². The van der Waals surface area contributed by atoms with Crippen LogP contribution in [-0.4, -0.2) is 11.9 Å². The maximum Gasteiger partial charge on any atom is 0.152 e. The Hall–Kier alpha value is -2.27. The van der Waals surface area contributed by atoms with Crippen molar-refractivity contribution in [2.75, 3.05) is 7.05 Å². The smallest absolute Gasteiger partial charge is 0.152 e. The minimum Gasteiger partial charge on any atom is -0.355 e. The summed E-state index contributed by atoms with van der Waals surface area (Å²) in [6.07, 6.45) is 1.11. The fourth-order valence-corrected chi connectivity index (χ4v) is 2.96. The van der Waals surface area contributed by atoms with Gasteiger partial charge in [-0.2, -0.15) is 0 Å². The van der Waals surface area contributed by atoms with E-state index in [1.54, 1.807) is 11.9 Å². The van der Waals surface area contributed by atoms with Crippen LogP contribution in [0.5, 0.6) is 0 Å². The van der Waals surface area contributed by atoms with Crippen LogP contribution in [0.3, 0.4) is 0 Å². The van der Waals surface area contributed by atoms with Gasteiger partial charge in [0.25, 0.3) is 0 Å². The summed E-state index contributed by atoms with van der Waals surface area (Å²) in [5.41, 5.74) is 7.96. The summed E-state index contributed by atoms with van der Waals surface area (Å²) < 4.78 is 28.3. The second-order valence-corrected chi connectivity index (χ2v) is 6.01. The van der Waals surface area contributed by atoms with E-state index in [0.717, 1.165) is 16.3 Å². The Morgan fingerprint density at radius 1 is 1.22 bits per heavy atom. The fourth-order valence-electron chi connectivity index (χ4n) is 2.96. The molecule has 0 aromatic heterocycles. The Balaban J connectivity index is 2.28. The van der Waals surface area contributed by atoms with E-state index < -0.39 is 17.8 Å². The lowest BCUT2D eigenvalue weighted by molar-refractivity contribution is 0.341. The highest BCUT2D eigenvalue weighted by Gasteiger charge is 2.24. The summed E-state index contributed by atoms with van der Waals surface area (Å²) in [5, 5.41) is 1.61. The average molecular weight is 315 g/mol. The van der Waals surface area contributed by atoms with Gasteiger partial charge in [-0.3, -0.25) is 4.99 Å². The summed E-state index contributed by atoms with van der Waals surface area (Å²) in [6.45, 7) is 3.87. The monoisotopic (exact) mass is 315 g/mol. The molecule has 23 heavy (non-hydrogen) atoms. The number of aryl methyl sites for hydroxylation is 1. The zero-order chi connectivity index (χ0) is 16.7. The number of rotatable bonds is 2. The van der Waals surface area contributed by atoms with Gasteiger partial charge in [0.05, 0.1) is 10.9 Å². The zero-order valence-corrected chi connectivity index (χ0v) is 13.3. The van der Waals surface area contributed by atoms with Crippen molar-refractivity contribution in [3.8, 4) is 0 Å². The minimum atomic E-state index is -0.746. The molecule has 1 unspecified atom stereocenters. The normalized spacial score (nSPS) is 18.0. The molecule has 5 heteroatoms. The number of hydrogen-bond acceptors (Lipinski definition) is 3. The Morgan fingerprint density at radius 2 is 1.87 bits per heavy atom. The first-order valence-corrected chi connectivity index (χ1v) is 7.50. The van der Waals surface area contributed by atoms with Gasteiger partial charge < -0.3 is 10.6 Å². The third-order valence-corrected chi connectivity index (χ3v) is 4.04. The molecule has 2 N–H and O–H groups in total. The molecule has 0 radical (unpaired) electrons. The summed E-state index contributed by atoms with van der Waals surface area (Å²) in [6, 6.07) is 7.61. The lowest BCUT2D eigenvalue weighted by atomic mass is 10.0. The number of halogens is 2. The van der Waals surface area contributed by atoms with Crippen LogP contribution in [0.2, 0.25) is 0 Å². The largest absolute Gasteiger partial charge is 0.355 e. The van der Waals surface area contributed by atoms with Crippen molar-refractivity contribution in [1.29, 1.82) is 0 Å². The maximum absolute atomic E-state index is 14.1. The first-order valence-electron chi connectivity index (χ1n) is 7.50. The van der Waals surface area contributed by atoms with Crippen molar-refractivity contribution in [3.05, 3.63) is 69.2 Å². The van der Waals surface area contributed by atoms with Crippen molar-refractivity contribution in [2.24, 2.45) is 10.7 Å². The van der Waals surface area contributed by atoms with Crippen molar-refractivity contribution >= 4 is 6.20 Å². The topological polar surface area (TPSA) is 41.6 Å². The van der Waals surface area contributed by atoms with Gasteiger partial charge in [0, 0.05) is 24.5 Å². The van der Waals surface area contributed by atoms with Gasteiger partial charge in [0.15, 0.2) is 6.17 Å². The van der Waals surface area contributed by atoms with Crippen molar-refractivity contribution in [2.45, 2.75) is 26.1 Å². The summed E-state index contributed by atoms with van der Waals surface area (Å²) >= 11 is 0. The zero-order valence-electron chi connectivity index (χ0n) is 13.3. The van der Waals surface area contributed by atoms with E-state index in [-0.39, 0.29) is 11.6 Å². The van der Waals surface area contributed by atoms with Crippen LogP contribution in [-0.2, 0) is 0 Å². The molecule has 1 heterocycles. The van der Waals surface area contributed by atoms with E-state index >= 15 is 0 Å². The number of nitrogens with two attached hydrogens (primary N) is 1. The van der Waals surface area contributed by atoms with Gasteiger partial charge >= 0.3 is 0 Å². The number of hydrogen-bond donors (Lipinski definition) is 1. The Labute approximate surface area is 133 Å². The second-order valence-electron chi connectivity index (χ2n) is 6.01. The maximum atomic E-state index is 14.1. The third kappa shape index (κ3) is 2.72. The summed E-state index contributed by atoms with van der Waals surface area (Å²) in [4.78, 5) is 6.33. The molecule has 3 nitrogen and oxygen atoms in total. The minimum absolute atomic E-state index is 0.0481. The highest BCUT2D eigenvalue weighted by atomic mass is 19.1. The average Bonchev–Trinajstić information content (AvgIpc) is 2.46. The molecule has 2 aromatic rings. The first kappa shape index (κ1) is 15.6. The van der Waals surface area contributed by atoms with E-state index in [1.807, 2.05) is 32.2 Å². The Bertz CT molecular complexity index is 854. The molecule has 2 aromatic carbocycles. The molecule has 3 rings (SSSR count).